The molecule has 1 aromatic rings. The summed E-state index contributed by atoms with van der Waals surface area (Å²) in [5.41, 5.74) is 0.926. The van der Waals surface area contributed by atoms with Crippen LogP contribution >= 0.6 is 0 Å². The Morgan fingerprint density at radius 2 is 2.06 bits per heavy atom. The molecule has 0 aliphatic heterocycles. The standard InChI is InChI=1S/C13H13NO4/c1-4-18-13(17)8-6-14(3)11-10(8)9(15)5-7(2)12(11)16/h5-6H,4H2,1-3H3. The molecule has 0 saturated heterocycles. The average molecular weight is 247 g/mol. The van der Waals surface area contributed by atoms with E-state index in [0.717, 1.165) is 0 Å². The molecule has 2 rings (SSSR count). The van der Waals surface area contributed by atoms with Crippen molar-refractivity contribution in [3.63, 3.8) is 0 Å². The number of allylic oxidation sites excluding steroid dienone is 2. The molecule has 0 bridgehead atoms. The van der Waals surface area contributed by atoms with Crippen LogP contribution in [0.1, 0.15) is 45.1 Å². The van der Waals surface area contributed by atoms with Crippen LogP contribution in [0.15, 0.2) is 17.8 Å². The minimum atomic E-state index is -0.580. The van der Waals surface area contributed by atoms with Crippen LogP contribution < -0.4 is 0 Å². The summed E-state index contributed by atoms with van der Waals surface area (Å²) in [5, 5.41) is 0. The predicted molar refractivity (Wildman–Crippen MR) is 63.8 cm³/mol. The Balaban J connectivity index is 2.62. The van der Waals surface area contributed by atoms with Crippen molar-refractivity contribution in [3.05, 3.63) is 34.7 Å². The fourth-order valence-electron chi connectivity index (χ4n) is 2.03. The van der Waals surface area contributed by atoms with E-state index in [9.17, 15) is 14.4 Å². The van der Waals surface area contributed by atoms with E-state index in [-0.39, 0.29) is 35.0 Å². The molecule has 1 aromatic heterocycles. The molecule has 0 N–H and O–H groups in total. The summed E-state index contributed by atoms with van der Waals surface area (Å²) < 4.78 is 6.38. The number of aryl methyl sites for hydroxylation is 1. The zero-order valence-corrected chi connectivity index (χ0v) is 10.4. The van der Waals surface area contributed by atoms with Gasteiger partial charge in [0.25, 0.3) is 0 Å². The lowest BCUT2D eigenvalue weighted by Gasteiger charge is -2.11. The van der Waals surface area contributed by atoms with Gasteiger partial charge in [-0.25, -0.2) is 4.79 Å². The maximum atomic E-state index is 12.0. The second-order valence-electron chi connectivity index (χ2n) is 4.12. The fraction of sp³-hybridized carbons (Fsp3) is 0.308. The van der Waals surface area contributed by atoms with Crippen molar-refractivity contribution in [2.45, 2.75) is 13.8 Å². The quantitative estimate of drug-likeness (QED) is 0.743. The normalized spacial score (nSPS) is 14.3. The van der Waals surface area contributed by atoms with Gasteiger partial charge in [0.2, 0.25) is 5.78 Å². The molecule has 1 heterocycles. The maximum Gasteiger partial charge on any atom is 0.340 e. The Bertz CT molecular complexity index is 592. The Labute approximate surface area is 104 Å². The van der Waals surface area contributed by atoms with Gasteiger partial charge in [-0.15, -0.1) is 0 Å². The fourth-order valence-corrected chi connectivity index (χ4v) is 2.03. The number of ether oxygens (including phenoxy) is 1. The second kappa shape index (κ2) is 4.25. The van der Waals surface area contributed by atoms with Crippen molar-refractivity contribution >= 4 is 17.5 Å². The summed E-state index contributed by atoms with van der Waals surface area (Å²) in [5.74, 6) is -1.14. The Morgan fingerprint density at radius 1 is 1.39 bits per heavy atom. The number of fused-ring (bicyclic) bond motifs is 1. The van der Waals surface area contributed by atoms with Gasteiger partial charge in [-0.2, -0.15) is 0 Å². The first kappa shape index (κ1) is 12.3. The molecule has 94 valence electrons. The molecular formula is C13H13NO4. The highest BCUT2D eigenvalue weighted by Crippen LogP contribution is 2.26. The summed E-state index contributed by atoms with van der Waals surface area (Å²) in [6.07, 6.45) is 2.72. The van der Waals surface area contributed by atoms with Crippen molar-refractivity contribution in [1.82, 2.24) is 4.57 Å². The number of carbonyl (C=O) groups excluding carboxylic acids is 3. The molecule has 0 amide bonds. The number of hydrogen-bond acceptors (Lipinski definition) is 4. The number of hydrogen-bond donors (Lipinski definition) is 0. The first-order valence-corrected chi connectivity index (χ1v) is 5.61. The molecule has 0 atom stereocenters. The van der Waals surface area contributed by atoms with Gasteiger partial charge >= 0.3 is 5.97 Å². The number of Topliss-reactive ketones (excluding diaryl/α,β-unsaturated/α-hetero) is 1. The number of rotatable bonds is 2. The van der Waals surface area contributed by atoms with E-state index >= 15 is 0 Å². The highest BCUT2D eigenvalue weighted by atomic mass is 16.5. The SMILES string of the molecule is CCOC(=O)c1cn(C)c2c1C(=O)C=C(C)C2=O. The molecule has 1 aliphatic rings. The smallest absolute Gasteiger partial charge is 0.340 e. The number of carbonyl (C=O) groups is 3. The molecule has 0 aromatic carbocycles. The van der Waals surface area contributed by atoms with Crippen molar-refractivity contribution in [2.75, 3.05) is 6.61 Å². The summed E-state index contributed by atoms with van der Waals surface area (Å²) in [6, 6.07) is 0. The second-order valence-corrected chi connectivity index (χ2v) is 4.12. The lowest BCUT2D eigenvalue weighted by molar-refractivity contribution is 0.0523. The molecule has 18 heavy (non-hydrogen) atoms. The molecule has 1 aliphatic carbocycles. The largest absolute Gasteiger partial charge is 0.462 e. The minimum absolute atomic E-state index is 0.145. The molecule has 0 saturated carbocycles. The summed E-state index contributed by atoms with van der Waals surface area (Å²) in [7, 11) is 1.63. The van der Waals surface area contributed by atoms with Gasteiger partial charge in [0.15, 0.2) is 5.78 Å². The summed E-state index contributed by atoms with van der Waals surface area (Å²) >= 11 is 0. The molecule has 5 nitrogen and oxygen atoms in total. The number of ketones is 2. The van der Waals surface area contributed by atoms with Crippen LogP contribution in [0.25, 0.3) is 0 Å². The molecular weight excluding hydrogens is 234 g/mol. The third kappa shape index (κ3) is 1.68. The van der Waals surface area contributed by atoms with E-state index in [2.05, 4.69) is 0 Å². The number of nitrogens with zero attached hydrogens (tertiary/aromatic N) is 1. The van der Waals surface area contributed by atoms with Gasteiger partial charge in [0.1, 0.15) is 5.69 Å². The van der Waals surface area contributed by atoms with Crippen LogP contribution in [-0.2, 0) is 11.8 Å². The van der Waals surface area contributed by atoms with Crippen LogP contribution in [0.3, 0.4) is 0 Å². The predicted octanol–water partition coefficient (Wildman–Crippen LogP) is 1.53. The van der Waals surface area contributed by atoms with Gasteiger partial charge in [-0.1, -0.05) is 0 Å². The van der Waals surface area contributed by atoms with Gasteiger partial charge in [0, 0.05) is 18.8 Å². The maximum absolute atomic E-state index is 12.0. The highest BCUT2D eigenvalue weighted by Gasteiger charge is 2.32. The van der Waals surface area contributed by atoms with Gasteiger partial charge in [-0.05, 0) is 19.9 Å². The van der Waals surface area contributed by atoms with Crippen molar-refractivity contribution in [1.29, 1.82) is 0 Å². The minimum Gasteiger partial charge on any atom is -0.462 e. The highest BCUT2D eigenvalue weighted by molar-refractivity contribution is 6.26. The lowest BCUT2D eigenvalue weighted by Crippen LogP contribution is -2.19. The summed E-state index contributed by atoms with van der Waals surface area (Å²) in [6.45, 7) is 3.49. The van der Waals surface area contributed by atoms with Crippen LogP contribution in [0, 0.1) is 0 Å². The van der Waals surface area contributed by atoms with Crippen molar-refractivity contribution < 1.29 is 19.1 Å². The molecule has 0 unspecified atom stereocenters. The molecule has 0 fully saturated rings. The molecule has 0 spiro atoms. The van der Waals surface area contributed by atoms with Gasteiger partial charge in [0.05, 0.1) is 17.7 Å². The molecule has 0 radical (unpaired) electrons. The van der Waals surface area contributed by atoms with E-state index in [1.54, 1.807) is 20.9 Å². The Morgan fingerprint density at radius 3 is 2.67 bits per heavy atom. The van der Waals surface area contributed by atoms with Crippen LogP contribution in [0.2, 0.25) is 0 Å². The summed E-state index contributed by atoms with van der Waals surface area (Å²) in [4.78, 5) is 35.7. The topological polar surface area (TPSA) is 65.4 Å². The number of aromatic nitrogens is 1. The van der Waals surface area contributed by atoms with E-state index in [1.165, 1.54) is 16.8 Å². The van der Waals surface area contributed by atoms with Crippen LogP contribution in [0.5, 0.6) is 0 Å². The van der Waals surface area contributed by atoms with E-state index in [0.29, 0.717) is 5.57 Å². The van der Waals surface area contributed by atoms with Crippen LogP contribution in [0.4, 0.5) is 0 Å². The lowest BCUT2D eigenvalue weighted by atomic mass is 9.93. The van der Waals surface area contributed by atoms with Crippen molar-refractivity contribution in [2.24, 2.45) is 7.05 Å². The Kier molecular flexibility index (Phi) is 2.90. The average Bonchev–Trinajstić information content (AvgIpc) is 2.65. The van der Waals surface area contributed by atoms with Gasteiger partial charge < -0.3 is 9.30 Å². The van der Waals surface area contributed by atoms with Crippen molar-refractivity contribution in [3.8, 4) is 0 Å². The van der Waals surface area contributed by atoms with E-state index in [1.807, 2.05) is 0 Å². The zero-order chi connectivity index (χ0) is 13.4. The Hall–Kier alpha value is -2.17. The number of esters is 1. The van der Waals surface area contributed by atoms with E-state index in [4.69, 9.17) is 4.74 Å². The zero-order valence-electron chi connectivity index (χ0n) is 10.4. The van der Waals surface area contributed by atoms with Gasteiger partial charge in [-0.3, -0.25) is 9.59 Å². The third-order valence-corrected chi connectivity index (χ3v) is 2.84. The molecule has 5 heteroatoms. The first-order chi connectivity index (χ1) is 8.47. The van der Waals surface area contributed by atoms with Crippen LogP contribution in [-0.4, -0.2) is 28.7 Å². The first-order valence-electron chi connectivity index (χ1n) is 5.61. The third-order valence-electron chi connectivity index (χ3n) is 2.84. The van der Waals surface area contributed by atoms with E-state index < -0.39 is 5.97 Å². The monoisotopic (exact) mass is 247 g/mol.